The van der Waals surface area contributed by atoms with Crippen molar-refractivity contribution >= 4 is 17.3 Å². The topological polar surface area (TPSA) is 99.7 Å². The van der Waals surface area contributed by atoms with Crippen LogP contribution in [0.5, 0.6) is 0 Å². The largest absolute Gasteiger partial charge is 0.459 e. The number of hydrogen-bond donors (Lipinski definition) is 2. The Bertz CT molecular complexity index is 1490. The van der Waals surface area contributed by atoms with Gasteiger partial charge in [0.25, 0.3) is 5.91 Å². The molecule has 3 heterocycles. The zero-order valence-corrected chi connectivity index (χ0v) is 21.5. The number of nitrogens with one attached hydrogen (secondary N) is 1. The molecule has 9 nitrogen and oxygen atoms in total. The van der Waals surface area contributed by atoms with Crippen LogP contribution in [-0.4, -0.2) is 63.4 Å². The summed E-state index contributed by atoms with van der Waals surface area (Å²) in [5, 5.41) is 18.0. The Balaban J connectivity index is 1.32. The van der Waals surface area contributed by atoms with Gasteiger partial charge in [-0.3, -0.25) is 9.69 Å². The molecule has 4 aromatic rings. The summed E-state index contributed by atoms with van der Waals surface area (Å²) in [6, 6.07) is 9.32. The molecule has 2 aromatic heterocycles. The molecule has 0 radical (unpaired) electrons. The van der Waals surface area contributed by atoms with Gasteiger partial charge in [-0.05, 0) is 36.4 Å². The van der Waals surface area contributed by atoms with E-state index in [-0.39, 0.29) is 62.0 Å². The standard InChI is InChI=1S/C27H25F5N6O3/c28-18-3-5-20(22(29)12-18)26(40,15-38-17-33-16-34-38)14-36-7-9-37(10-8-36)23-6-4-19(13-21(23)27(30,31)32)35-25(39)24-2-1-11-41-24/h1-6,11-13,16-17,40H,7-10,14-15H2,(H,35,39). The van der Waals surface area contributed by atoms with Crippen molar-refractivity contribution in [3.63, 3.8) is 0 Å². The van der Waals surface area contributed by atoms with Crippen LogP contribution in [0.2, 0.25) is 0 Å². The molecule has 0 spiro atoms. The van der Waals surface area contributed by atoms with E-state index in [0.717, 1.165) is 12.1 Å². The molecule has 5 rings (SSSR count). The molecular formula is C27H25F5N6O3. The van der Waals surface area contributed by atoms with Crippen LogP contribution in [-0.2, 0) is 18.3 Å². The van der Waals surface area contributed by atoms with E-state index in [4.69, 9.17) is 4.42 Å². The van der Waals surface area contributed by atoms with Gasteiger partial charge in [0.15, 0.2) is 5.76 Å². The maximum Gasteiger partial charge on any atom is 0.418 e. The van der Waals surface area contributed by atoms with Crippen molar-refractivity contribution in [2.75, 3.05) is 42.9 Å². The molecule has 1 amide bonds. The summed E-state index contributed by atoms with van der Waals surface area (Å²) in [6.07, 6.45) is -0.809. The number of benzene rings is 2. The summed E-state index contributed by atoms with van der Waals surface area (Å²) in [7, 11) is 0. The number of piperazine rings is 1. The molecule has 1 aliphatic heterocycles. The third-order valence-electron chi connectivity index (χ3n) is 6.83. The minimum absolute atomic E-state index is 0.0388. The first kappa shape index (κ1) is 28.2. The van der Waals surface area contributed by atoms with Gasteiger partial charge < -0.3 is 19.7 Å². The van der Waals surface area contributed by atoms with Crippen LogP contribution in [0.15, 0.2) is 71.9 Å². The van der Waals surface area contributed by atoms with Crippen molar-refractivity contribution < 1.29 is 36.3 Å². The van der Waals surface area contributed by atoms with Gasteiger partial charge in [0.2, 0.25) is 0 Å². The minimum Gasteiger partial charge on any atom is -0.459 e. The van der Waals surface area contributed by atoms with Gasteiger partial charge in [-0.25, -0.2) is 18.4 Å². The number of hydrogen-bond acceptors (Lipinski definition) is 7. The third-order valence-corrected chi connectivity index (χ3v) is 6.83. The Kier molecular flexibility index (Phi) is 7.78. The van der Waals surface area contributed by atoms with Gasteiger partial charge in [0.1, 0.15) is 29.9 Å². The summed E-state index contributed by atoms with van der Waals surface area (Å²) in [4.78, 5) is 19.4. The molecule has 0 aliphatic carbocycles. The highest BCUT2D eigenvalue weighted by molar-refractivity contribution is 6.02. The second-order valence-corrected chi connectivity index (χ2v) is 9.67. The lowest BCUT2D eigenvalue weighted by Gasteiger charge is -2.41. The molecule has 2 N–H and O–H groups in total. The zero-order valence-electron chi connectivity index (χ0n) is 21.5. The van der Waals surface area contributed by atoms with Crippen LogP contribution in [0.25, 0.3) is 0 Å². The average Bonchev–Trinajstić information content (AvgIpc) is 3.63. The number of aliphatic hydroxyl groups is 1. The number of alkyl halides is 3. The van der Waals surface area contributed by atoms with Crippen LogP contribution < -0.4 is 10.2 Å². The summed E-state index contributed by atoms with van der Waals surface area (Å²) in [5.74, 6) is -2.45. The number of β-amino-alcohol motifs (C(OH)–C–C–N with tert-alkyl or cyclic N) is 1. The van der Waals surface area contributed by atoms with Crippen LogP contribution in [0.1, 0.15) is 21.7 Å². The molecule has 1 unspecified atom stereocenters. The normalized spacial score (nSPS) is 16.0. The number of halogens is 5. The highest BCUT2D eigenvalue weighted by Crippen LogP contribution is 2.39. The molecular weight excluding hydrogens is 551 g/mol. The SMILES string of the molecule is O=C(Nc1ccc(N2CCN(CC(O)(Cn3cncn3)c3ccc(F)cc3F)CC2)c(C(F)(F)F)c1)c1ccco1. The number of amides is 1. The average molecular weight is 577 g/mol. The number of furan rings is 1. The Morgan fingerprint density at radius 1 is 1.00 bits per heavy atom. The predicted octanol–water partition coefficient (Wildman–Crippen LogP) is 4.13. The fourth-order valence-electron chi connectivity index (χ4n) is 4.90. The van der Waals surface area contributed by atoms with Crippen molar-refractivity contribution in [3.05, 3.63) is 96.0 Å². The van der Waals surface area contributed by atoms with Crippen LogP contribution >= 0.6 is 0 Å². The van der Waals surface area contributed by atoms with E-state index in [1.54, 1.807) is 9.80 Å². The molecule has 1 fully saturated rings. The van der Waals surface area contributed by atoms with Crippen molar-refractivity contribution in [2.45, 2.75) is 18.3 Å². The minimum atomic E-state index is -4.70. The number of aromatic nitrogens is 3. The lowest BCUT2D eigenvalue weighted by atomic mass is 9.92. The first-order valence-electron chi connectivity index (χ1n) is 12.6. The van der Waals surface area contributed by atoms with Gasteiger partial charge in [0.05, 0.1) is 18.4 Å². The van der Waals surface area contributed by atoms with Gasteiger partial charge >= 0.3 is 6.18 Å². The molecule has 0 saturated carbocycles. The molecule has 14 heteroatoms. The van der Waals surface area contributed by atoms with E-state index in [1.165, 1.54) is 53.9 Å². The first-order chi connectivity index (χ1) is 19.5. The number of nitrogens with zero attached hydrogens (tertiary/aromatic N) is 5. The smallest absolute Gasteiger partial charge is 0.418 e. The quantitative estimate of drug-likeness (QED) is 0.305. The molecule has 1 saturated heterocycles. The van der Waals surface area contributed by atoms with E-state index in [1.807, 2.05) is 0 Å². The lowest BCUT2D eigenvalue weighted by molar-refractivity contribution is -0.137. The number of anilines is 2. The zero-order chi connectivity index (χ0) is 29.2. The van der Waals surface area contributed by atoms with E-state index in [0.29, 0.717) is 6.07 Å². The monoisotopic (exact) mass is 576 g/mol. The maximum absolute atomic E-state index is 14.7. The molecule has 1 aliphatic rings. The maximum atomic E-state index is 14.7. The fraction of sp³-hybridized carbons (Fsp3) is 0.296. The molecule has 1 atom stereocenters. The Hall–Kier alpha value is -4.30. The first-order valence-corrected chi connectivity index (χ1v) is 12.6. The highest BCUT2D eigenvalue weighted by Gasteiger charge is 2.38. The Morgan fingerprint density at radius 2 is 1.78 bits per heavy atom. The Labute approximate surface area is 230 Å². The van der Waals surface area contributed by atoms with Crippen LogP contribution in [0, 0.1) is 11.6 Å². The third kappa shape index (κ3) is 6.38. The van der Waals surface area contributed by atoms with Crippen LogP contribution in [0.3, 0.4) is 0 Å². The van der Waals surface area contributed by atoms with Crippen molar-refractivity contribution in [1.82, 2.24) is 19.7 Å². The van der Waals surface area contributed by atoms with Crippen LogP contribution in [0.4, 0.5) is 33.3 Å². The van der Waals surface area contributed by atoms with E-state index in [2.05, 4.69) is 15.4 Å². The van der Waals surface area contributed by atoms with Crippen molar-refractivity contribution in [3.8, 4) is 0 Å². The molecule has 0 bridgehead atoms. The molecule has 2 aromatic carbocycles. The second kappa shape index (κ2) is 11.3. The van der Waals surface area contributed by atoms with Crippen molar-refractivity contribution in [1.29, 1.82) is 0 Å². The summed E-state index contributed by atoms with van der Waals surface area (Å²) < 4.78 is 76.8. The van der Waals surface area contributed by atoms with Gasteiger partial charge in [-0.15, -0.1) is 0 Å². The number of carbonyl (C=O) groups is 1. The highest BCUT2D eigenvalue weighted by atomic mass is 19.4. The van der Waals surface area contributed by atoms with Gasteiger partial charge in [-0.2, -0.15) is 18.3 Å². The van der Waals surface area contributed by atoms with Gasteiger partial charge in [-0.1, -0.05) is 6.07 Å². The summed E-state index contributed by atoms with van der Waals surface area (Å²) >= 11 is 0. The fourth-order valence-corrected chi connectivity index (χ4v) is 4.90. The molecule has 216 valence electrons. The number of carbonyl (C=O) groups excluding carboxylic acids is 1. The second-order valence-electron chi connectivity index (χ2n) is 9.67. The predicted molar refractivity (Wildman–Crippen MR) is 137 cm³/mol. The summed E-state index contributed by atoms with van der Waals surface area (Å²) in [6.45, 7) is 0.568. The van der Waals surface area contributed by atoms with E-state index in [9.17, 15) is 31.9 Å². The lowest BCUT2D eigenvalue weighted by Crippen LogP contribution is -2.52. The molecule has 41 heavy (non-hydrogen) atoms. The Morgan fingerprint density at radius 3 is 2.41 bits per heavy atom. The number of rotatable bonds is 8. The van der Waals surface area contributed by atoms with Crippen molar-refractivity contribution in [2.24, 2.45) is 0 Å². The summed E-state index contributed by atoms with van der Waals surface area (Å²) in [5.41, 5.74) is -2.99. The van der Waals surface area contributed by atoms with Gasteiger partial charge in [0, 0.05) is 55.7 Å². The van der Waals surface area contributed by atoms with E-state index < -0.39 is 34.9 Å². The van der Waals surface area contributed by atoms with E-state index >= 15 is 0 Å².